The van der Waals surface area contributed by atoms with Gasteiger partial charge in [0.2, 0.25) is 5.28 Å². The van der Waals surface area contributed by atoms with Crippen molar-refractivity contribution in [3.8, 4) is 0 Å². The van der Waals surface area contributed by atoms with Crippen LogP contribution in [0, 0.1) is 15.9 Å². The third-order valence-electron chi connectivity index (χ3n) is 1.95. The van der Waals surface area contributed by atoms with Gasteiger partial charge in [0.25, 0.3) is 0 Å². The largest absolute Gasteiger partial charge is 0.319 e. The van der Waals surface area contributed by atoms with E-state index in [-0.39, 0.29) is 20.9 Å². The highest BCUT2D eigenvalue weighted by Gasteiger charge is 2.19. The first kappa shape index (κ1) is 12.7. The summed E-state index contributed by atoms with van der Waals surface area (Å²) in [6.45, 7) is 0. The molecule has 0 bridgehead atoms. The van der Waals surface area contributed by atoms with Crippen LogP contribution in [0.1, 0.15) is 0 Å². The maximum absolute atomic E-state index is 13.4. The van der Waals surface area contributed by atoms with Crippen molar-refractivity contribution in [1.82, 2.24) is 9.97 Å². The minimum Gasteiger partial charge on any atom is -0.258 e. The van der Waals surface area contributed by atoms with Gasteiger partial charge in [0.05, 0.1) is 4.92 Å². The van der Waals surface area contributed by atoms with Gasteiger partial charge in [0.1, 0.15) is 12.0 Å². The molecule has 0 saturated heterocycles. The van der Waals surface area contributed by atoms with E-state index in [1.165, 1.54) is 18.2 Å². The molecule has 1 heterocycles. The van der Waals surface area contributed by atoms with Crippen LogP contribution in [-0.2, 0) is 0 Å². The van der Waals surface area contributed by atoms with Gasteiger partial charge < -0.3 is 0 Å². The highest BCUT2D eigenvalue weighted by Crippen LogP contribution is 2.34. The molecule has 1 aromatic heterocycles. The van der Waals surface area contributed by atoms with E-state index in [2.05, 4.69) is 9.97 Å². The third-order valence-corrected chi connectivity index (χ3v) is 3.17. The Morgan fingerprint density at radius 2 is 2.11 bits per heavy atom. The molecule has 0 aliphatic carbocycles. The topological polar surface area (TPSA) is 68.9 Å². The van der Waals surface area contributed by atoms with Crippen molar-refractivity contribution in [2.24, 2.45) is 0 Å². The summed E-state index contributed by atoms with van der Waals surface area (Å²) < 4.78 is 13.4. The average Bonchev–Trinajstić information content (AvgIpc) is 2.32. The quantitative estimate of drug-likeness (QED) is 0.374. The molecule has 0 amide bonds. The van der Waals surface area contributed by atoms with Crippen molar-refractivity contribution in [2.45, 2.75) is 9.92 Å². The normalized spacial score (nSPS) is 10.3. The number of rotatable bonds is 3. The zero-order valence-corrected chi connectivity index (χ0v) is 10.3. The van der Waals surface area contributed by atoms with Gasteiger partial charge in [0.15, 0.2) is 5.03 Å². The number of hydrogen-bond donors (Lipinski definition) is 0. The van der Waals surface area contributed by atoms with Gasteiger partial charge in [-0.05, 0) is 23.7 Å². The van der Waals surface area contributed by atoms with Crippen LogP contribution in [0.15, 0.2) is 40.4 Å². The maximum Gasteiger partial charge on any atom is 0.319 e. The Bertz CT molecular complexity index is 611. The van der Waals surface area contributed by atoms with E-state index in [1.807, 2.05) is 0 Å². The molecule has 0 saturated carbocycles. The first-order chi connectivity index (χ1) is 8.58. The van der Waals surface area contributed by atoms with E-state index in [1.54, 1.807) is 6.07 Å². The van der Waals surface area contributed by atoms with Gasteiger partial charge in [-0.3, -0.25) is 10.1 Å². The lowest BCUT2D eigenvalue weighted by atomic mass is 10.3. The smallest absolute Gasteiger partial charge is 0.258 e. The van der Waals surface area contributed by atoms with E-state index in [0.29, 0.717) is 0 Å². The SMILES string of the molecule is O=[N+]([O-])c1cnc(Cl)nc1Sc1ccccc1F. The van der Waals surface area contributed by atoms with Crippen LogP contribution < -0.4 is 0 Å². The molecular formula is C10H5ClFN3O2S. The summed E-state index contributed by atoms with van der Waals surface area (Å²) in [6.07, 6.45) is 0.999. The van der Waals surface area contributed by atoms with Gasteiger partial charge in [0, 0.05) is 4.90 Å². The average molecular weight is 286 g/mol. The fourth-order valence-electron chi connectivity index (χ4n) is 1.17. The van der Waals surface area contributed by atoms with Gasteiger partial charge in [-0.15, -0.1) is 0 Å². The molecule has 0 N–H and O–H groups in total. The summed E-state index contributed by atoms with van der Waals surface area (Å²) in [4.78, 5) is 17.6. The fourth-order valence-corrected chi connectivity index (χ4v) is 2.24. The van der Waals surface area contributed by atoms with Crippen LogP contribution in [-0.4, -0.2) is 14.9 Å². The summed E-state index contributed by atoms with van der Waals surface area (Å²) in [5, 5.41) is 10.7. The molecule has 18 heavy (non-hydrogen) atoms. The second-order valence-electron chi connectivity index (χ2n) is 3.12. The van der Waals surface area contributed by atoms with E-state index in [9.17, 15) is 14.5 Å². The molecule has 0 aliphatic rings. The minimum atomic E-state index is -0.639. The van der Waals surface area contributed by atoms with E-state index in [0.717, 1.165) is 18.0 Å². The second-order valence-corrected chi connectivity index (χ2v) is 4.49. The first-order valence-corrected chi connectivity index (χ1v) is 5.86. The molecule has 1 aromatic carbocycles. The zero-order chi connectivity index (χ0) is 13.1. The molecular weight excluding hydrogens is 281 g/mol. The van der Waals surface area contributed by atoms with Gasteiger partial charge in [-0.1, -0.05) is 23.9 Å². The van der Waals surface area contributed by atoms with E-state index < -0.39 is 10.7 Å². The van der Waals surface area contributed by atoms with Crippen LogP contribution >= 0.6 is 23.4 Å². The van der Waals surface area contributed by atoms with Crippen molar-refractivity contribution in [2.75, 3.05) is 0 Å². The number of benzene rings is 1. The maximum atomic E-state index is 13.4. The monoisotopic (exact) mass is 285 g/mol. The van der Waals surface area contributed by atoms with Crippen molar-refractivity contribution in [3.63, 3.8) is 0 Å². The standard InChI is InChI=1S/C10H5ClFN3O2S/c11-10-13-5-7(15(16)17)9(14-10)18-8-4-2-1-3-6(8)12/h1-5H. The Hall–Kier alpha value is -1.73. The van der Waals surface area contributed by atoms with Crippen LogP contribution in [0.4, 0.5) is 10.1 Å². The molecule has 8 heteroatoms. The van der Waals surface area contributed by atoms with E-state index in [4.69, 9.17) is 11.6 Å². The van der Waals surface area contributed by atoms with Gasteiger partial charge >= 0.3 is 5.69 Å². The lowest BCUT2D eigenvalue weighted by Gasteiger charge is -2.02. The third kappa shape index (κ3) is 2.74. The first-order valence-electron chi connectivity index (χ1n) is 4.67. The molecule has 0 atom stereocenters. The Morgan fingerprint density at radius 3 is 2.78 bits per heavy atom. The van der Waals surface area contributed by atoms with Crippen LogP contribution in [0.3, 0.4) is 0 Å². The molecule has 2 rings (SSSR count). The number of nitrogens with zero attached hydrogens (tertiary/aromatic N) is 3. The predicted molar refractivity (Wildman–Crippen MR) is 64.2 cm³/mol. The summed E-state index contributed by atoms with van der Waals surface area (Å²) in [6, 6.07) is 5.91. The summed E-state index contributed by atoms with van der Waals surface area (Å²) >= 11 is 6.41. The van der Waals surface area contributed by atoms with Crippen LogP contribution in [0.25, 0.3) is 0 Å². The zero-order valence-electron chi connectivity index (χ0n) is 8.71. The lowest BCUT2D eigenvalue weighted by molar-refractivity contribution is -0.388. The fraction of sp³-hybridized carbons (Fsp3) is 0. The van der Waals surface area contributed by atoms with Crippen molar-refractivity contribution < 1.29 is 9.31 Å². The summed E-state index contributed by atoms with van der Waals surface area (Å²) in [5.74, 6) is -0.480. The molecule has 2 aromatic rings. The molecule has 0 aliphatic heterocycles. The Labute approximate surface area is 110 Å². The highest BCUT2D eigenvalue weighted by molar-refractivity contribution is 7.99. The van der Waals surface area contributed by atoms with Crippen molar-refractivity contribution in [1.29, 1.82) is 0 Å². The molecule has 0 radical (unpaired) electrons. The van der Waals surface area contributed by atoms with Crippen molar-refractivity contribution in [3.05, 3.63) is 51.7 Å². The second kappa shape index (κ2) is 5.28. The summed E-state index contributed by atoms with van der Waals surface area (Å²) in [7, 11) is 0. The lowest BCUT2D eigenvalue weighted by Crippen LogP contribution is -1.96. The summed E-state index contributed by atoms with van der Waals surface area (Å²) in [5.41, 5.74) is -0.312. The van der Waals surface area contributed by atoms with Gasteiger partial charge in [-0.2, -0.15) is 0 Å². The molecule has 0 unspecified atom stereocenters. The van der Waals surface area contributed by atoms with Gasteiger partial charge in [-0.25, -0.2) is 14.4 Å². The number of nitro groups is 1. The predicted octanol–water partition coefficient (Wildman–Crippen LogP) is 3.33. The number of aromatic nitrogens is 2. The van der Waals surface area contributed by atoms with Crippen LogP contribution in [0.2, 0.25) is 5.28 Å². The Balaban J connectivity index is 2.42. The highest BCUT2D eigenvalue weighted by atomic mass is 35.5. The molecule has 0 fully saturated rings. The molecule has 0 spiro atoms. The minimum absolute atomic E-state index is 0.00472. The Kier molecular flexibility index (Phi) is 3.73. The Morgan fingerprint density at radius 1 is 1.39 bits per heavy atom. The molecule has 92 valence electrons. The van der Waals surface area contributed by atoms with Crippen LogP contribution in [0.5, 0.6) is 0 Å². The van der Waals surface area contributed by atoms with Crippen molar-refractivity contribution >= 4 is 29.1 Å². The van der Waals surface area contributed by atoms with E-state index >= 15 is 0 Å². The number of halogens is 2. The number of hydrogen-bond acceptors (Lipinski definition) is 5. The molecule has 5 nitrogen and oxygen atoms in total.